The topological polar surface area (TPSA) is 88.8 Å². The summed E-state index contributed by atoms with van der Waals surface area (Å²) < 4.78 is 16.8. The van der Waals surface area contributed by atoms with Crippen LogP contribution in [0.5, 0.6) is 17.2 Å². The zero-order valence-corrected chi connectivity index (χ0v) is 17.1. The van der Waals surface area contributed by atoms with Crippen LogP contribution in [0, 0.1) is 18.3 Å². The maximum atomic E-state index is 11.0. The molecule has 6 nitrogen and oxygen atoms in total. The Morgan fingerprint density at radius 1 is 1.14 bits per heavy atom. The molecule has 0 saturated carbocycles. The Kier molecular flexibility index (Phi) is 7.67. The van der Waals surface area contributed by atoms with E-state index in [1.807, 2.05) is 12.1 Å². The summed E-state index contributed by atoms with van der Waals surface area (Å²) in [6.07, 6.45) is 1.28. The van der Waals surface area contributed by atoms with Crippen LogP contribution in [0.3, 0.4) is 0 Å². The summed E-state index contributed by atoms with van der Waals surface area (Å²) in [6.45, 7) is 7.07. The Bertz CT molecular complexity index is 941. The third kappa shape index (κ3) is 6.01. The number of carboxylic acids is 1. The molecule has 0 fully saturated rings. The first kappa shape index (κ1) is 21.8. The van der Waals surface area contributed by atoms with Crippen LogP contribution < -0.4 is 14.2 Å². The largest absolute Gasteiger partial charge is 0.493 e. The van der Waals surface area contributed by atoms with Crippen LogP contribution >= 0.6 is 0 Å². The van der Waals surface area contributed by atoms with Crippen molar-refractivity contribution in [1.82, 2.24) is 0 Å². The molecule has 0 spiro atoms. The van der Waals surface area contributed by atoms with Crippen LogP contribution in [0.25, 0.3) is 6.08 Å². The van der Waals surface area contributed by atoms with Crippen LogP contribution in [-0.4, -0.2) is 31.4 Å². The monoisotopic (exact) mass is 395 g/mol. The van der Waals surface area contributed by atoms with Gasteiger partial charge in [-0.15, -0.1) is 0 Å². The van der Waals surface area contributed by atoms with Crippen LogP contribution in [0.15, 0.2) is 42.0 Å². The lowest BCUT2D eigenvalue weighted by Crippen LogP contribution is -2.10. The summed E-state index contributed by atoms with van der Waals surface area (Å²) in [5, 5.41) is 17.8. The van der Waals surface area contributed by atoms with E-state index in [0.29, 0.717) is 36.2 Å². The van der Waals surface area contributed by atoms with Crippen molar-refractivity contribution in [1.29, 1.82) is 5.26 Å². The molecule has 0 bridgehead atoms. The van der Waals surface area contributed by atoms with Gasteiger partial charge in [-0.3, -0.25) is 0 Å². The fraction of sp³-hybridized carbons (Fsp3) is 0.304. The molecule has 2 aromatic carbocycles. The summed E-state index contributed by atoms with van der Waals surface area (Å²) in [5.41, 5.74) is 2.68. The predicted octanol–water partition coefficient (Wildman–Crippen LogP) is 4.58. The van der Waals surface area contributed by atoms with Crippen molar-refractivity contribution in [3.05, 3.63) is 58.7 Å². The first-order valence-electron chi connectivity index (χ1n) is 9.25. The molecule has 0 unspecified atom stereocenters. The lowest BCUT2D eigenvalue weighted by molar-refractivity contribution is -0.132. The fourth-order valence-corrected chi connectivity index (χ4v) is 2.90. The quantitative estimate of drug-likeness (QED) is 0.380. The van der Waals surface area contributed by atoms with Gasteiger partial charge in [0.05, 0.1) is 7.11 Å². The molecule has 0 aliphatic carbocycles. The average Bonchev–Trinajstić information content (AvgIpc) is 2.69. The highest BCUT2D eigenvalue weighted by Crippen LogP contribution is 2.29. The van der Waals surface area contributed by atoms with E-state index in [9.17, 15) is 4.79 Å². The number of nitrogens with zero attached hydrogens (tertiary/aromatic N) is 1. The number of nitriles is 1. The lowest BCUT2D eigenvalue weighted by Gasteiger charge is -2.14. The molecular weight excluding hydrogens is 370 g/mol. The van der Waals surface area contributed by atoms with Gasteiger partial charge in [0.2, 0.25) is 0 Å². The number of aliphatic carboxylic acids is 1. The Balaban J connectivity index is 1.98. The Morgan fingerprint density at radius 3 is 2.45 bits per heavy atom. The summed E-state index contributed by atoms with van der Waals surface area (Å²) in [7, 11) is 1.49. The molecule has 152 valence electrons. The van der Waals surface area contributed by atoms with Gasteiger partial charge >= 0.3 is 5.97 Å². The Hall–Kier alpha value is -3.46. The molecule has 0 saturated heterocycles. The highest BCUT2D eigenvalue weighted by atomic mass is 16.5. The van der Waals surface area contributed by atoms with E-state index in [4.69, 9.17) is 24.6 Å². The van der Waals surface area contributed by atoms with Crippen molar-refractivity contribution >= 4 is 12.0 Å². The van der Waals surface area contributed by atoms with E-state index in [2.05, 4.69) is 26.8 Å². The number of rotatable bonds is 9. The Labute approximate surface area is 171 Å². The van der Waals surface area contributed by atoms with Crippen molar-refractivity contribution in [2.75, 3.05) is 20.3 Å². The first-order chi connectivity index (χ1) is 13.8. The summed E-state index contributed by atoms with van der Waals surface area (Å²) >= 11 is 0. The summed E-state index contributed by atoms with van der Waals surface area (Å²) in [4.78, 5) is 11.0. The minimum atomic E-state index is -1.28. The lowest BCUT2D eigenvalue weighted by atomic mass is 9.98. The number of carboxylic acid groups (broad SMARTS) is 1. The van der Waals surface area contributed by atoms with Crippen LogP contribution in [0.2, 0.25) is 0 Å². The zero-order valence-electron chi connectivity index (χ0n) is 17.1. The number of ether oxygens (including phenoxy) is 3. The number of hydrogen-bond donors (Lipinski definition) is 1. The van der Waals surface area contributed by atoms with Gasteiger partial charge in [0, 0.05) is 0 Å². The second-order valence-corrected chi connectivity index (χ2v) is 6.76. The van der Waals surface area contributed by atoms with E-state index in [1.165, 1.54) is 24.3 Å². The molecule has 0 heterocycles. The molecule has 0 amide bonds. The van der Waals surface area contributed by atoms with Gasteiger partial charge in [-0.1, -0.05) is 26.0 Å². The van der Waals surface area contributed by atoms with E-state index in [1.54, 1.807) is 24.3 Å². The minimum absolute atomic E-state index is 0.315. The summed E-state index contributed by atoms with van der Waals surface area (Å²) in [5.74, 6) is 0.936. The van der Waals surface area contributed by atoms with Crippen LogP contribution in [0.1, 0.15) is 36.5 Å². The Morgan fingerprint density at radius 2 is 1.86 bits per heavy atom. The molecule has 0 atom stereocenters. The van der Waals surface area contributed by atoms with Crippen LogP contribution in [0.4, 0.5) is 0 Å². The summed E-state index contributed by atoms with van der Waals surface area (Å²) in [6, 6.07) is 12.7. The molecular formula is C23H25NO5. The van der Waals surface area contributed by atoms with Crippen molar-refractivity contribution in [3.8, 4) is 23.3 Å². The van der Waals surface area contributed by atoms with Crippen LogP contribution in [-0.2, 0) is 4.79 Å². The molecule has 0 aromatic heterocycles. The zero-order chi connectivity index (χ0) is 21.4. The highest BCUT2D eigenvalue weighted by Gasteiger charge is 2.09. The average molecular weight is 395 g/mol. The predicted molar refractivity (Wildman–Crippen MR) is 110 cm³/mol. The van der Waals surface area contributed by atoms with Gasteiger partial charge in [0.1, 0.15) is 30.6 Å². The van der Waals surface area contributed by atoms with Crippen molar-refractivity contribution in [3.63, 3.8) is 0 Å². The molecule has 6 heteroatoms. The van der Waals surface area contributed by atoms with Gasteiger partial charge in [0.15, 0.2) is 11.5 Å². The minimum Gasteiger partial charge on any atom is -0.493 e. The highest BCUT2D eigenvalue weighted by molar-refractivity contribution is 5.96. The van der Waals surface area contributed by atoms with Crippen molar-refractivity contribution in [2.45, 2.75) is 26.7 Å². The molecule has 0 radical (unpaired) electrons. The third-order valence-electron chi connectivity index (χ3n) is 4.32. The van der Waals surface area contributed by atoms with E-state index < -0.39 is 5.97 Å². The van der Waals surface area contributed by atoms with E-state index in [0.717, 1.165) is 5.75 Å². The van der Waals surface area contributed by atoms with Gasteiger partial charge in [-0.2, -0.15) is 5.26 Å². The molecule has 2 rings (SSSR count). The molecule has 29 heavy (non-hydrogen) atoms. The second kappa shape index (κ2) is 10.2. The fourth-order valence-electron chi connectivity index (χ4n) is 2.90. The van der Waals surface area contributed by atoms with Gasteiger partial charge < -0.3 is 19.3 Å². The maximum absolute atomic E-state index is 11.0. The standard InChI is InChI=1S/C23H25NO5/c1-15(2)20-7-6-19(11-16(20)3)28-9-10-29-21-8-5-17(13-22(21)27-4)12-18(14-24)23(25)26/h5-8,11-13,15H,9-10H2,1-4H3,(H,25,26). The normalized spacial score (nSPS) is 11.1. The van der Waals surface area contributed by atoms with Crippen molar-refractivity contribution in [2.24, 2.45) is 0 Å². The first-order valence-corrected chi connectivity index (χ1v) is 9.25. The molecule has 1 N–H and O–H groups in total. The van der Waals surface area contributed by atoms with Gasteiger partial charge in [0.25, 0.3) is 0 Å². The maximum Gasteiger partial charge on any atom is 0.346 e. The van der Waals surface area contributed by atoms with E-state index >= 15 is 0 Å². The number of hydrogen-bond acceptors (Lipinski definition) is 5. The smallest absolute Gasteiger partial charge is 0.346 e. The second-order valence-electron chi connectivity index (χ2n) is 6.76. The third-order valence-corrected chi connectivity index (χ3v) is 4.32. The number of methoxy groups -OCH3 is 1. The van der Waals surface area contributed by atoms with Gasteiger partial charge in [-0.05, 0) is 59.9 Å². The number of aryl methyl sites for hydroxylation is 1. The molecule has 2 aromatic rings. The number of carbonyl (C=O) groups is 1. The van der Waals surface area contributed by atoms with Crippen molar-refractivity contribution < 1.29 is 24.1 Å². The number of benzene rings is 2. The molecule has 0 aliphatic rings. The SMILES string of the molecule is COc1cc(C=C(C#N)C(=O)O)ccc1OCCOc1ccc(C(C)C)c(C)c1. The van der Waals surface area contributed by atoms with E-state index in [-0.39, 0.29) is 5.57 Å². The molecule has 0 aliphatic heterocycles. The van der Waals surface area contributed by atoms with Gasteiger partial charge in [-0.25, -0.2) is 4.79 Å².